The Kier molecular flexibility index (Phi) is 4.94. The normalized spacial score (nSPS) is 11.3. The Morgan fingerprint density at radius 1 is 0.793 bits per heavy atom. The van der Waals surface area contributed by atoms with E-state index in [1.165, 1.54) is 16.8 Å². The molecule has 4 rings (SSSR count). The first-order valence-electron chi connectivity index (χ1n) is 10.1. The van der Waals surface area contributed by atoms with Crippen LogP contribution in [0.1, 0.15) is 56.2 Å². The second kappa shape index (κ2) is 7.56. The summed E-state index contributed by atoms with van der Waals surface area (Å²) in [7, 11) is 0. The summed E-state index contributed by atoms with van der Waals surface area (Å²) in [6.45, 7) is 8.96. The number of benzene rings is 3. The van der Waals surface area contributed by atoms with Crippen LogP contribution in [-0.2, 0) is 0 Å². The summed E-state index contributed by atoms with van der Waals surface area (Å²) < 4.78 is 2.31. The monoisotopic (exact) mass is 379 g/mol. The van der Waals surface area contributed by atoms with Gasteiger partial charge in [-0.05, 0) is 59.4 Å². The molecule has 4 aromatic rings. The molecule has 3 nitrogen and oxygen atoms in total. The molecule has 29 heavy (non-hydrogen) atoms. The Balaban J connectivity index is 2.10. The van der Waals surface area contributed by atoms with Gasteiger partial charge < -0.3 is 0 Å². The molecule has 0 amide bonds. The first kappa shape index (κ1) is 19.0. The lowest BCUT2D eigenvalue weighted by molar-refractivity contribution is 0.811. The van der Waals surface area contributed by atoms with Crippen LogP contribution in [0, 0.1) is 11.3 Å². The molecule has 3 aromatic carbocycles. The molecule has 0 aliphatic carbocycles. The third kappa shape index (κ3) is 3.32. The van der Waals surface area contributed by atoms with Crippen molar-refractivity contribution in [2.24, 2.45) is 0 Å². The van der Waals surface area contributed by atoms with Gasteiger partial charge in [-0.3, -0.25) is 4.57 Å². The minimum atomic E-state index is 0.388. The Bertz CT molecular complexity index is 1180. The lowest BCUT2D eigenvalue weighted by Crippen LogP contribution is -2.08. The molecule has 0 radical (unpaired) electrons. The number of hydrogen-bond acceptors (Lipinski definition) is 2. The Labute approximate surface area is 172 Å². The fraction of sp³-hybridized carbons (Fsp3) is 0.231. The summed E-state index contributed by atoms with van der Waals surface area (Å²) in [5.74, 6) is 1.68. The zero-order chi connectivity index (χ0) is 20.5. The van der Waals surface area contributed by atoms with Crippen LogP contribution in [0.2, 0.25) is 0 Å². The molecule has 0 bridgehead atoms. The summed E-state index contributed by atoms with van der Waals surface area (Å²) >= 11 is 0. The second-order valence-corrected chi connectivity index (χ2v) is 8.04. The highest BCUT2D eigenvalue weighted by Crippen LogP contribution is 2.37. The lowest BCUT2D eigenvalue weighted by atomic mass is 9.92. The van der Waals surface area contributed by atoms with E-state index in [4.69, 9.17) is 4.98 Å². The number of imidazole rings is 1. The van der Waals surface area contributed by atoms with Gasteiger partial charge in [0.1, 0.15) is 5.82 Å². The van der Waals surface area contributed by atoms with E-state index < -0.39 is 0 Å². The predicted molar refractivity (Wildman–Crippen MR) is 119 cm³/mol. The average Bonchev–Trinajstić information content (AvgIpc) is 3.12. The van der Waals surface area contributed by atoms with Crippen molar-refractivity contribution in [3.63, 3.8) is 0 Å². The zero-order valence-electron chi connectivity index (χ0n) is 17.3. The third-order valence-electron chi connectivity index (χ3n) is 5.40. The van der Waals surface area contributed by atoms with E-state index in [1.54, 1.807) is 0 Å². The minimum Gasteiger partial charge on any atom is -0.292 e. The van der Waals surface area contributed by atoms with Crippen LogP contribution in [0.4, 0.5) is 0 Å². The highest BCUT2D eigenvalue weighted by Gasteiger charge is 2.21. The molecule has 0 saturated heterocycles. The van der Waals surface area contributed by atoms with Crippen LogP contribution in [0.5, 0.6) is 0 Å². The molecule has 1 heterocycles. The van der Waals surface area contributed by atoms with E-state index in [2.05, 4.69) is 74.7 Å². The van der Waals surface area contributed by atoms with E-state index in [-0.39, 0.29) is 0 Å². The van der Waals surface area contributed by atoms with Gasteiger partial charge in [0.2, 0.25) is 0 Å². The minimum absolute atomic E-state index is 0.388. The van der Waals surface area contributed by atoms with Gasteiger partial charge in [-0.2, -0.15) is 5.26 Å². The second-order valence-electron chi connectivity index (χ2n) is 8.04. The van der Waals surface area contributed by atoms with E-state index >= 15 is 0 Å². The molecule has 0 aliphatic rings. The maximum Gasteiger partial charge on any atom is 0.145 e. The molecule has 0 unspecified atom stereocenters. The van der Waals surface area contributed by atoms with Gasteiger partial charge in [-0.25, -0.2) is 4.98 Å². The van der Waals surface area contributed by atoms with E-state index in [9.17, 15) is 5.26 Å². The summed E-state index contributed by atoms with van der Waals surface area (Å²) in [5.41, 5.74) is 7.59. The molecule has 0 fully saturated rings. The van der Waals surface area contributed by atoms with Crippen molar-refractivity contribution in [3.05, 3.63) is 83.4 Å². The highest BCUT2D eigenvalue weighted by atomic mass is 15.1. The van der Waals surface area contributed by atoms with Crippen molar-refractivity contribution in [3.8, 4) is 23.1 Å². The number of nitrogens with zero attached hydrogens (tertiary/aromatic N) is 3. The first-order chi connectivity index (χ1) is 14.0. The van der Waals surface area contributed by atoms with Crippen LogP contribution in [0.25, 0.3) is 28.1 Å². The molecule has 144 valence electrons. The van der Waals surface area contributed by atoms with Crippen LogP contribution in [0.3, 0.4) is 0 Å². The SMILES string of the molecule is CC(C)c1cccc(C(C)C)c1-n1c(-c2ccc(C#N)cc2)nc2ccccc21. The molecule has 0 spiro atoms. The molecule has 1 aromatic heterocycles. The van der Waals surface area contributed by atoms with Gasteiger partial charge in [0.15, 0.2) is 0 Å². The van der Waals surface area contributed by atoms with Crippen LogP contribution in [-0.4, -0.2) is 9.55 Å². The fourth-order valence-electron chi connectivity index (χ4n) is 3.91. The summed E-state index contributed by atoms with van der Waals surface area (Å²) in [6.07, 6.45) is 0. The van der Waals surface area contributed by atoms with Crippen LogP contribution in [0.15, 0.2) is 66.7 Å². The molecule has 3 heteroatoms. The van der Waals surface area contributed by atoms with Gasteiger partial charge in [0.05, 0.1) is 28.4 Å². The molecular formula is C26H25N3. The number of nitriles is 1. The quantitative estimate of drug-likeness (QED) is 0.391. The molecular weight excluding hydrogens is 354 g/mol. The van der Waals surface area contributed by atoms with Crippen molar-refractivity contribution < 1.29 is 0 Å². The van der Waals surface area contributed by atoms with E-state index in [0.29, 0.717) is 17.4 Å². The van der Waals surface area contributed by atoms with Gasteiger partial charge >= 0.3 is 0 Å². The van der Waals surface area contributed by atoms with Gasteiger partial charge in [0, 0.05) is 5.56 Å². The first-order valence-corrected chi connectivity index (χ1v) is 10.1. The number of aromatic nitrogens is 2. The number of hydrogen-bond donors (Lipinski definition) is 0. The van der Waals surface area contributed by atoms with Gasteiger partial charge in [-0.1, -0.05) is 58.0 Å². The van der Waals surface area contributed by atoms with Crippen molar-refractivity contribution in [1.29, 1.82) is 5.26 Å². The van der Waals surface area contributed by atoms with Crippen LogP contribution < -0.4 is 0 Å². The predicted octanol–water partition coefficient (Wildman–Crippen LogP) is 6.81. The van der Waals surface area contributed by atoms with Crippen molar-refractivity contribution in [2.45, 2.75) is 39.5 Å². The largest absolute Gasteiger partial charge is 0.292 e. The Hall–Kier alpha value is -3.38. The lowest BCUT2D eigenvalue weighted by Gasteiger charge is -2.22. The summed E-state index contributed by atoms with van der Waals surface area (Å²) in [4.78, 5) is 5.00. The van der Waals surface area contributed by atoms with Crippen molar-refractivity contribution >= 4 is 11.0 Å². The standard InChI is InChI=1S/C26H25N3/c1-17(2)21-8-7-9-22(18(3)4)25(21)29-24-11-6-5-10-23(24)28-26(29)20-14-12-19(16-27)13-15-20/h5-15,17-18H,1-4H3. The van der Waals surface area contributed by atoms with Crippen LogP contribution >= 0.6 is 0 Å². The zero-order valence-corrected chi connectivity index (χ0v) is 17.3. The van der Waals surface area contributed by atoms with E-state index in [1.807, 2.05) is 30.3 Å². The van der Waals surface area contributed by atoms with Crippen molar-refractivity contribution in [2.75, 3.05) is 0 Å². The summed E-state index contributed by atoms with van der Waals surface area (Å²) in [5, 5.41) is 9.17. The highest BCUT2D eigenvalue weighted by molar-refractivity contribution is 5.84. The average molecular weight is 380 g/mol. The number of fused-ring (bicyclic) bond motifs is 1. The smallest absolute Gasteiger partial charge is 0.145 e. The van der Waals surface area contributed by atoms with Gasteiger partial charge in [-0.15, -0.1) is 0 Å². The third-order valence-corrected chi connectivity index (χ3v) is 5.40. The fourth-order valence-corrected chi connectivity index (χ4v) is 3.91. The number of para-hydroxylation sites is 3. The molecule has 0 N–H and O–H groups in total. The number of rotatable bonds is 4. The van der Waals surface area contributed by atoms with Gasteiger partial charge in [0.25, 0.3) is 0 Å². The maximum absolute atomic E-state index is 9.17. The van der Waals surface area contributed by atoms with Crippen molar-refractivity contribution in [1.82, 2.24) is 9.55 Å². The Morgan fingerprint density at radius 2 is 1.41 bits per heavy atom. The molecule has 0 saturated carbocycles. The molecule has 0 aliphatic heterocycles. The maximum atomic E-state index is 9.17. The topological polar surface area (TPSA) is 41.6 Å². The Morgan fingerprint density at radius 3 is 2.00 bits per heavy atom. The van der Waals surface area contributed by atoms with E-state index in [0.717, 1.165) is 22.4 Å². The summed E-state index contributed by atoms with van der Waals surface area (Å²) in [6, 6.07) is 24.8. The molecule has 0 atom stereocenters.